The Morgan fingerprint density at radius 3 is 2.78 bits per heavy atom. The summed E-state index contributed by atoms with van der Waals surface area (Å²) in [7, 11) is 0. The van der Waals surface area contributed by atoms with Gasteiger partial charge in [0.05, 0.1) is 30.0 Å². The lowest BCUT2D eigenvalue weighted by Crippen LogP contribution is -2.47. The van der Waals surface area contributed by atoms with Gasteiger partial charge in [-0.05, 0) is 52.5 Å². The number of benzene rings is 1. The van der Waals surface area contributed by atoms with Crippen molar-refractivity contribution >= 4 is 26.8 Å². The van der Waals surface area contributed by atoms with Gasteiger partial charge >= 0.3 is 6.18 Å². The highest BCUT2D eigenvalue weighted by Crippen LogP contribution is 2.42. The average molecular weight is 443 g/mol. The molecular weight excluding hydrogens is 428 g/mol. The maximum atomic E-state index is 14.7. The first-order valence-corrected chi connectivity index (χ1v) is 9.12. The third-order valence-corrected chi connectivity index (χ3v) is 5.35. The molecule has 0 spiro atoms. The Kier molecular flexibility index (Phi) is 4.46. The highest BCUT2D eigenvalue weighted by Gasteiger charge is 2.42. The predicted molar refractivity (Wildman–Crippen MR) is 95.8 cm³/mol. The van der Waals surface area contributed by atoms with Crippen molar-refractivity contribution < 1.29 is 17.6 Å². The van der Waals surface area contributed by atoms with Gasteiger partial charge in [0.15, 0.2) is 0 Å². The van der Waals surface area contributed by atoms with E-state index in [2.05, 4.69) is 31.1 Å². The van der Waals surface area contributed by atoms with Gasteiger partial charge in [0.2, 0.25) is 0 Å². The van der Waals surface area contributed by atoms with Crippen LogP contribution in [0, 0.1) is 5.82 Å². The number of aromatic amines is 1. The first kappa shape index (κ1) is 18.4. The summed E-state index contributed by atoms with van der Waals surface area (Å²) in [6.07, 6.45) is -0.936. The van der Waals surface area contributed by atoms with Crippen LogP contribution in [-0.4, -0.2) is 38.8 Å². The fraction of sp³-hybridized carbons (Fsp3) is 0.333. The molecule has 2 atom stereocenters. The average Bonchev–Trinajstić information content (AvgIpc) is 3.04. The third-order valence-electron chi connectivity index (χ3n) is 4.92. The molecule has 3 aromatic rings. The van der Waals surface area contributed by atoms with Crippen molar-refractivity contribution in [2.45, 2.75) is 31.6 Å². The minimum Gasteiger partial charge on any atom is -0.279 e. The van der Waals surface area contributed by atoms with Gasteiger partial charge in [-0.3, -0.25) is 15.0 Å². The molecular formula is C18H15BrF4N4. The Morgan fingerprint density at radius 2 is 2.07 bits per heavy atom. The highest BCUT2D eigenvalue weighted by atomic mass is 79.9. The minimum atomic E-state index is -4.41. The molecule has 9 heteroatoms. The molecule has 27 heavy (non-hydrogen) atoms. The maximum Gasteiger partial charge on any atom is 0.401 e. The van der Waals surface area contributed by atoms with Crippen LogP contribution in [0.15, 0.2) is 35.1 Å². The smallest absolute Gasteiger partial charge is 0.279 e. The van der Waals surface area contributed by atoms with E-state index < -0.39 is 30.6 Å². The Labute approximate surface area is 160 Å². The van der Waals surface area contributed by atoms with Crippen molar-refractivity contribution in [3.8, 4) is 0 Å². The second-order valence-electron chi connectivity index (χ2n) is 6.73. The molecule has 1 aliphatic heterocycles. The summed E-state index contributed by atoms with van der Waals surface area (Å²) in [4.78, 5) is 5.40. The second-order valence-corrected chi connectivity index (χ2v) is 7.64. The number of nitrogens with one attached hydrogen (secondary N) is 1. The van der Waals surface area contributed by atoms with Crippen molar-refractivity contribution in [1.29, 1.82) is 0 Å². The van der Waals surface area contributed by atoms with Crippen LogP contribution in [0.25, 0.3) is 10.9 Å². The zero-order valence-corrected chi connectivity index (χ0v) is 15.8. The van der Waals surface area contributed by atoms with E-state index in [-0.39, 0.29) is 5.69 Å². The molecule has 1 N–H and O–H groups in total. The number of pyridine rings is 1. The van der Waals surface area contributed by atoms with Crippen molar-refractivity contribution in [2.24, 2.45) is 0 Å². The number of alkyl halides is 3. The molecule has 4 rings (SSSR count). The molecule has 0 bridgehead atoms. The van der Waals surface area contributed by atoms with Gasteiger partial charge in [0, 0.05) is 22.1 Å². The van der Waals surface area contributed by atoms with Crippen molar-refractivity contribution in [1.82, 2.24) is 20.1 Å². The summed E-state index contributed by atoms with van der Waals surface area (Å²) in [5.41, 5.74) is 2.28. The normalized spacial score (nSPS) is 20.8. The lowest BCUT2D eigenvalue weighted by atomic mass is 9.85. The number of aromatic nitrogens is 3. The van der Waals surface area contributed by atoms with E-state index in [1.165, 1.54) is 17.2 Å². The molecule has 4 nitrogen and oxygen atoms in total. The number of halogens is 5. The monoisotopic (exact) mass is 442 g/mol. The van der Waals surface area contributed by atoms with Gasteiger partial charge in [-0.25, -0.2) is 4.39 Å². The first-order valence-electron chi connectivity index (χ1n) is 8.33. The number of hydrogen-bond donors (Lipinski definition) is 1. The first-order chi connectivity index (χ1) is 12.7. The summed E-state index contributed by atoms with van der Waals surface area (Å²) in [6, 6.07) is 3.34. The van der Waals surface area contributed by atoms with Crippen LogP contribution in [0.5, 0.6) is 0 Å². The molecule has 0 fully saturated rings. The van der Waals surface area contributed by atoms with Gasteiger partial charge in [0.1, 0.15) is 5.82 Å². The molecule has 0 saturated carbocycles. The van der Waals surface area contributed by atoms with E-state index in [1.807, 2.05) is 0 Å². The summed E-state index contributed by atoms with van der Waals surface area (Å²) >= 11 is 3.15. The van der Waals surface area contributed by atoms with Crippen LogP contribution in [0.3, 0.4) is 0 Å². The van der Waals surface area contributed by atoms with Crippen LogP contribution in [0.2, 0.25) is 0 Å². The molecule has 142 valence electrons. The topological polar surface area (TPSA) is 44.8 Å². The molecule has 0 amide bonds. The van der Waals surface area contributed by atoms with E-state index >= 15 is 0 Å². The van der Waals surface area contributed by atoms with Crippen LogP contribution < -0.4 is 0 Å². The number of fused-ring (bicyclic) bond motifs is 3. The Morgan fingerprint density at radius 1 is 1.30 bits per heavy atom. The van der Waals surface area contributed by atoms with Crippen LogP contribution in [0.4, 0.5) is 17.6 Å². The number of nitrogens with zero attached hydrogens (tertiary/aromatic N) is 3. The molecule has 0 saturated heterocycles. The summed E-state index contributed by atoms with van der Waals surface area (Å²) in [5, 5.41) is 7.73. The Bertz CT molecular complexity index is 1000. The Hall–Kier alpha value is -2.00. The van der Waals surface area contributed by atoms with E-state index in [4.69, 9.17) is 0 Å². The Balaban J connectivity index is 1.93. The van der Waals surface area contributed by atoms with E-state index in [0.29, 0.717) is 16.5 Å². The standard InChI is InChI=1S/C18H15BrF4N4/c1-9-4-12-11(2-3-15-13(12)7-25-26-15)17(27(9)8-18(21,22)23)16-14(20)5-10(19)6-24-16/h2-3,5-7,9,17H,4,8H2,1H3,(H,25,26)/t9-,17+/m1/s1. The van der Waals surface area contributed by atoms with Crippen LogP contribution >= 0.6 is 15.9 Å². The highest BCUT2D eigenvalue weighted by molar-refractivity contribution is 9.10. The van der Waals surface area contributed by atoms with Crippen LogP contribution in [-0.2, 0) is 6.42 Å². The van der Waals surface area contributed by atoms with E-state index in [9.17, 15) is 17.6 Å². The summed E-state index contributed by atoms with van der Waals surface area (Å²) in [5.74, 6) is -0.645. The van der Waals surface area contributed by atoms with E-state index in [0.717, 1.165) is 16.5 Å². The third kappa shape index (κ3) is 3.34. The van der Waals surface area contributed by atoms with Gasteiger partial charge < -0.3 is 0 Å². The SMILES string of the molecule is C[C@@H]1Cc2c(ccc3[nH]ncc23)[C@@H](c2ncc(Br)cc2F)N1CC(F)(F)F. The summed E-state index contributed by atoms with van der Waals surface area (Å²) in [6.45, 7) is 0.580. The number of H-pyrrole nitrogens is 1. The van der Waals surface area contributed by atoms with E-state index in [1.54, 1.807) is 25.3 Å². The summed E-state index contributed by atoms with van der Waals surface area (Å²) < 4.78 is 54.9. The van der Waals surface area contributed by atoms with Crippen molar-refractivity contribution in [3.63, 3.8) is 0 Å². The molecule has 0 aliphatic carbocycles. The van der Waals surface area contributed by atoms with Gasteiger partial charge in [-0.15, -0.1) is 0 Å². The fourth-order valence-corrected chi connectivity index (χ4v) is 4.11. The largest absolute Gasteiger partial charge is 0.401 e. The molecule has 1 aromatic carbocycles. The molecule has 0 unspecified atom stereocenters. The quantitative estimate of drug-likeness (QED) is 0.582. The minimum absolute atomic E-state index is 0.0157. The van der Waals surface area contributed by atoms with Gasteiger partial charge in [-0.1, -0.05) is 6.07 Å². The predicted octanol–water partition coefficient (Wildman–Crippen LogP) is 4.76. The zero-order chi connectivity index (χ0) is 19.3. The maximum absolute atomic E-state index is 14.7. The molecule has 0 radical (unpaired) electrons. The molecule has 1 aliphatic rings. The van der Waals surface area contributed by atoms with Crippen LogP contribution in [0.1, 0.15) is 29.8 Å². The van der Waals surface area contributed by atoms with Crippen molar-refractivity contribution in [2.75, 3.05) is 6.54 Å². The van der Waals surface area contributed by atoms with Crippen molar-refractivity contribution in [3.05, 3.63) is 57.7 Å². The molecule has 2 aromatic heterocycles. The second kappa shape index (κ2) is 6.56. The number of rotatable bonds is 2. The van der Waals surface area contributed by atoms with Gasteiger partial charge in [0.25, 0.3) is 0 Å². The molecule has 3 heterocycles. The van der Waals surface area contributed by atoms with Gasteiger partial charge in [-0.2, -0.15) is 18.3 Å². The zero-order valence-electron chi connectivity index (χ0n) is 14.2. The lowest BCUT2D eigenvalue weighted by molar-refractivity contribution is -0.155. The number of hydrogen-bond acceptors (Lipinski definition) is 3. The fourth-order valence-electron chi connectivity index (χ4n) is 3.81. The lowest BCUT2D eigenvalue weighted by Gasteiger charge is -2.42.